The zero-order valence-corrected chi connectivity index (χ0v) is 17.4. The molecule has 3 N–H and O–H groups in total. The van der Waals surface area contributed by atoms with Crippen molar-refractivity contribution < 1.29 is 9.59 Å². The average molecular weight is 402 g/mol. The molecule has 0 unspecified atom stereocenters. The van der Waals surface area contributed by atoms with Gasteiger partial charge in [-0.2, -0.15) is 0 Å². The Kier molecular flexibility index (Phi) is 6.18. The van der Waals surface area contributed by atoms with Crippen LogP contribution in [0.5, 0.6) is 0 Å². The SMILES string of the molecule is CC(=O)NC1(CNc2ccccc2C)CCN(C(=O)Nc2nc(C)cs2)CC1. The number of carbonyl (C=O) groups is 2. The molecule has 28 heavy (non-hydrogen) atoms. The summed E-state index contributed by atoms with van der Waals surface area (Å²) in [7, 11) is 0. The molecule has 2 heterocycles. The second-order valence-corrected chi connectivity index (χ2v) is 8.20. The van der Waals surface area contributed by atoms with Crippen molar-refractivity contribution in [1.29, 1.82) is 0 Å². The van der Waals surface area contributed by atoms with Crippen molar-refractivity contribution in [2.45, 2.75) is 39.2 Å². The first kappa shape index (κ1) is 20.1. The van der Waals surface area contributed by atoms with E-state index in [1.165, 1.54) is 11.3 Å². The summed E-state index contributed by atoms with van der Waals surface area (Å²) in [6.07, 6.45) is 1.38. The number of nitrogens with one attached hydrogen (secondary N) is 3. The third-order valence-electron chi connectivity index (χ3n) is 5.04. The first-order valence-corrected chi connectivity index (χ1v) is 10.3. The van der Waals surface area contributed by atoms with Crippen LogP contribution >= 0.6 is 11.3 Å². The number of nitrogens with zero attached hydrogens (tertiary/aromatic N) is 2. The van der Waals surface area contributed by atoms with E-state index in [4.69, 9.17) is 0 Å². The Labute approximate surface area is 169 Å². The van der Waals surface area contributed by atoms with Crippen molar-refractivity contribution >= 4 is 34.1 Å². The molecule has 2 aromatic rings. The number of amides is 3. The number of piperidine rings is 1. The number of carbonyl (C=O) groups excluding carboxylic acids is 2. The molecule has 150 valence electrons. The first-order valence-electron chi connectivity index (χ1n) is 9.43. The third-order valence-corrected chi connectivity index (χ3v) is 5.92. The van der Waals surface area contributed by atoms with E-state index in [2.05, 4.69) is 33.9 Å². The molecule has 1 saturated heterocycles. The van der Waals surface area contributed by atoms with Gasteiger partial charge in [0.1, 0.15) is 0 Å². The lowest BCUT2D eigenvalue weighted by atomic mass is 9.87. The summed E-state index contributed by atoms with van der Waals surface area (Å²) >= 11 is 1.42. The zero-order valence-electron chi connectivity index (χ0n) is 16.5. The number of rotatable bonds is 5. The Bertz CT molecular complexity index is 843. The fourth-order valence-corrected chi connectivity index (χ4v) is 4.15. The van der Waals surface area contributed by atoms with Crippen LogP contribution < -0.4 is 16.0 Å². The Morgan fingerprint density at radius 3 is 2.54 bits per heavy atom. The Morgan fingerprint density at radius 1 is 1.21 bits per heavy atom. The van der Waals surface area contributed by atoms with Crippen LogP contribution in [0, 0.1) is 13.8 Å². The molecule has 1 fully saturated rings. The second-order valence-electron chi connectivity index (χ2n) is 7.34. The van der Waals surface area contributed by atoms with E-state index in [-0.39, 0.29) is 17.5 Å². The van der Waals surface area contributed by atoms with Gasteiger partial charge in [0.05, 0.1) is 11.2 Å². The summed E-state index contributed by atoms with van der Waals surface area (Å²) in [5.41, 5.74) is 2.75. The highest BCUT2D eigenvalue weighted by Gasteiger charge is 2.36. The van der Waals surface area contributed by atoms with Crippen LogP contribution in [0.3, 0.4) is 0 Å². The van der Waals surface area contributed by atoms with Crippen LogP contribution in [0.4, 0.5) is 15.6 Å². The van der Waals surface area contributed by atoms with Gasteiger partial charge in [-0.05, 0) is 38.3 Å². The van der Waals surface area contributed by atoms with Gasteiger partial charge < -0.3 is 15.5 Å². The van der Waals surface area contributed by atoms with Crippen LogP contribution in [0.25, 0.3) is 0 Å². The number of hydrogen-bond acceptors (Lipinski definition) is 5. The molecule has 1 aliphatic heterocycles. The Balaban J connectivity index is 1.61. The van der Waals surface area contributed by atoms with E-state index in [1.54, 1.807) is 11.8 Å². The highest BCUT2D eigenvalue weighted by molar-refractivity contribution is 7.13. The van der Waals surface area contributed by atoms with Gasteiger partial charge in [0, 0.05) is 37.6 Å². The fourth-order valence-electron chi connectivity index (χ4n) is 3.47. The molecule has 0 bridgehead atoms. The van der Waals surface area contributed by atoms with Crippen molar-refractivity contribution in [3.05, 3.63) is 40.9 Å². The highest BCUT2D eigenvalue weighted by atomic mass is 32.1. The van der Waals surface area contributed by atoms with E-state index < -0.39 is 0 Å². The van der Waals surface area contributed by atoms with Crippen molar-refractivity contribution in [3.8, 4) is 0 Å². The van der Waals surface area contributed by atoms with Crippen LogP contribution in [-0.2, 0) is 4.79 Å². The van der Waals surface area contributed by atoms with Crippen molar-refractivity contribution in [1.82, 2.24) is 15.2 Å². The minimum atomic E-state index is -0.372. The van der Waals surface area contributed by atoms with E-state index in [1.807, 2.05) is 30.5 Å². The van der Waals surface area contributed by atoms with Crippen LogP contribution in [0.2, 0.25) is 0 Å². The predicted octanol–water partition coefficient (Wildman–Crippen LogP) is 3.37. The van der Waals surface area contributed by atoms with Gasteiger partial charge in [-0.15, -0.1) is 11.3 Å². The van der Waals surface area contributed by atoms with Gasteiger partial charge in [0.15, 0.2) is 5.13 Å². The number of para-hydroxylation sites is 1. The minimum Gasteiger partial charge on any atom is -0.382 e. The third kappa shape index (κ3) is 5.01. The van der Waals surface area contributed by atoms with E-state index in [0.29, 0.717) is 37.6 Å². The molecule has 3 rings (SSSR count). The largest absolute Gasteiger partial charge is 0.382 e. The Morgan fingerprint density at radius 2 is 1.93 bits per heavy atom. The lowest BCUT2D eigenvalue weighted by molar-refractivity contribution is -0.121. The van der Waals surface area contributed by atoms with Crippen LogP contribution in [0.15, 0.2) is 29.6 Å². The number of benzene rings is 1. The van der Waals surface area contributed by atoms with Crippen LogP contribution in [0.1, 0.15) is 31.0 Å². The molecule has 1 aliphatic rings. The molecule has 0 aliphatic carbocycles. The van der Waals surface area contributed by atoms with E-state index in [0.717, 1.165) is 16.9 Å². The molecule has 3 amide bonds. The smallest absolute Gasteiger partial charge is 0.323 e. The normalized spacial score (nSPS) is 15.8. The molecule has 0 spiro atoms. The standard InChI is InChI=1S/C20H27N5O2S/c1-14-6-4-5-7-17(14)21-13-20(24-16(3)26)8-10-25(11-9-20)19(27)23-18-22-15(2)12-28-18/h4-7,12,21H,8-11,13H2,1-3H3,(H,24,26)(H,22,23,27). The van der Waals surface area contributed by atoms with E-state index in [9.17, 15) is 9.59 Å². The summed E-state index contributed by atoms with van der Waals surface area (Å²) in [4.78, 5) is 30.4. The number of hydrogen-bond donors (Lipinski definition) is 3. The summed E-state index contributed by atoms with van der Waals surface area (Å²) < 4.78 is 0. The van der Waals surface area contributed by atoms with Crippen molar-refractivity contribution in [3.63, 3.8) is 0 Å². The molecule has 0 radical (unpaired) electrons. The van der Waals surface area contributed by atoms with Gasteiger partial charge in [-0.3, -0.25) is 10.1 Å². The lowest BCUT2D eigenvalue weighted by Gasteiger charge is -2.42. The molecule has 7 nitrogen and oxygen atoms in total. The predicted molar refractivity (Wildman–Crippen MR) is 113 cm³/mol. The summed E-state index contributed by atoms with van der Waals surface area (Å²) in [6, 6.07) is 7.95. The van der Waals surface area contributed by atoms with Crippen molar-refractivity contribution in [2.75, 3.05) is 30.3 Å². The highest BCUT2D eigenvalue weighted by Crippen LogP contribution is 2.25. The van der Waals surface area contributed by atoms with Gasteiger partial charge in [-0.1, -0.05) is 18.2 Å². The molecular formula is C20H27N5O2S. The van der Waals surface area contributed by atoms with Crippen LogP contribution in [-0.4, -0.2) is 47.0 Å². The molecular weight excluding hydrogens is 374 g/mol. The number of aromatic nitrogens is 1. The summed E-state index contributed by atoms with van der Waals surface area (Å²) in [6.45, 7) is 7.27. The molecule has 8 heteroatoms. The fraction of sp³-hybridized carbons (Fsp3) is 0.450. The topological polar surface area (TPSA) is 86.4 Å². The second kappa shape index (κ2) is 8.60. The summed E-state index contributed by atoms with van der Waals surface area (Å²) in [5, 5.41) is 12.0. The van der Waals surface area contributed by atoms with Gasteiger partial charge in [-0.25, -0.2) is 9.78 Å². The number of thiazole rings is 1. The molecule has 0 atom stereocenters. The minimum absolute atomic E-state index is 0.0530. The monoisotopic (exact) mass is 401 g/mol. The first-order chi connectivity index (χ1) is 13.4. The molecule has 1 aromatic carbocycles. The maximum absolute atomic E-state index is 12.5. The van der Waals surface area contributed by atoms with Gasteiger partial charge >= 0.3 is 6.03 Å². The quantitative estimate of drug-likeness (QED) is 0.717. The van der Waals surface area contributed by atoms with Crippen molar-refractivity contribution in [2.24, 2.45) is 0 Å². The summed E-state index contributed by atoms with van der Waals surface area (Å²) in [5.74, 6) is -0.0530. The number of likely N-dealkylation sites (tertiary alicyclic amines) is 1. The zero-order chi connectivity index (χ0) is 20.1. The van der Waals surface area contributed by atoms with Gasteiger partial charge in [0.2, 0.25) is 5.91 Å². The van der Waals surface area contributed by atoms with Gasteiger partial charge in [0.25, 0.3) is 0 Å². The number of urea groups is 1. The number of aryl methyl sites for hydroxylation is 2. The number of anilines is 2. The van der Waals surface area contributed by atoms with E-state index >= 15 is 0 Å². The lowest BCUT2D eigenvalue weighted by Crippen LogP contribution is -2.59. The maximum Gasteiger partial charge on any atom is 0.323 e. The Hall–Kier alpha value is -2.61. The molecule has 0 saturated carbocycles. The maximum atomic E-state index is 12.5. The molecule has 1 aromatic heterocycles. The average Bonchev–Trinajstić information content (AvgIpc) is 3.06.